The molecule has 1 aromatic heterocycles. The molecule has 3 nitrogen and oxygen atoms in total. The molecule has 0 spiro atoms. The van der Waals surface area contributed by atoms with Crippen molar-refractivity contribution in [2.45, 2.75) is 0 Å². The summed E-state index contributed by atoms with van der Waals surface area (Å²) < 4.78 is 12.4. The highest BCUT2D eigenvalue weighted by Gasteiger charge is 2.18. The quantitative estimate of drug-likeness (QED) is 0.770. The summed E-state index contributed by atoms with van der Waals surface area (Å²) in [5, 5.41) is 0.678. The molecule has 1 heterocycles. The lowest BCUT2D eigenvalue weighted by atomic mass is 10.4. The molecule has 12 heavy (non-hydrogen) atoms. The molecule has 1 aromatic rings. The molecule has 66 valence electrons. The Kier molecular flexibility index (Phi) is 2.59. The lowest BCUT2D eigenvalue weighted by Gasteiger charge is -2.11. The van der Waals surface area contributed by atoms with Gasteiger partial charge in [-0.15, -0.1) is 0 Å². The van der Waals surface area contributed by atoms with E-state index >= 15 is 0 Å². The predicted molar refractivity (Wildman–Crippen MR) is 55.4 cm³/mol. The van der Waals surface area contributed by atoms with Gasteiger partial charge in [0.2, 0.25) is 0 Å². The summed E-state index contributed by atoms with van der Waals surface area (Å²) in [5.74, 6) is 0. The average molecular weight is 249 g/mol. The van der Waals surface area contributed by atoms with Crippen LogP contribution in [0, 0.1) is 0 Å². The highest BCUT2D eigenvalue weighted by Crippen LogP contribution is 2.39. The molecule has 5 heteroatoms. The standard InChI is InChI=1S/C7H10BrN2OP/c1-12(2,11)7-5(8)3-10-4-6(7)9/h3-4H,9H2,1-2H3. The molecular weight excluding hydrogens is 239 g/mol. The molecule has 0 aromatic carbocycles. The topological polar surface area (TPSA) is 56.0 Å². The smallest absolute Gasteiger partial charge is 0.113 e. The van der Waals surface area contributed by atoms with Crippen LogP contribution in [0.1, 0.15) is 0 Å². The van der Waals surface area contributed by atoms with Gasteiger partial charge in [-0.1, -0.05) is 0 Å². The SMILES string of the molecule is CP(C)(=O)c1c(N)cncc1Br. The molecule has 0 unspecified atom stereocenters. The maximum atomic E-state index is 11.7. The first kappa shape index (κ1) is 9.75. The molecule has 0 aliphatic heterocycles. The maximum Gasteiger partial charge on any atom is 0.113 e. The summed E-state index contributed by atoms with van der Waals surface area (Å²) in [6.45, 7) is 3.37. The van der Waals surface area contributed by atoms with Crippen molar-refractivity contribution in [2.24, 2.45) is 0 Å². The van der Waals surface area contributed by atoms with E-state index in [0.29, 0.717) is 11.0 Å². The average Bonchev–Trinajstić information content (AvgIpc) is 1.82. The van der Waals surface area contributed by atoms with E-state index in [2.05, 4.69) is 20.9 Å². The largest absolute Gasteiger partial charge is 0.397 e. The van der Waals surface area contributed by atoms with Crippen LogP contribution in [0.2, 0.25) is 0 Å². The third kappa shape index (κ3) is 1.87. The van der Waals surface area contributed by atoms with E-state index in [1.54, 1.807) is 19.5 Å². The van der Waals surface area contributed by atoms with Crippen molar-refractivity contribution in [3.05, 3.63) is 16.9 Å². The Bertz CT molecular complexity index is 327. The summed E-state index contributed by atoms with van der Waals surface area (Å²) in [6.07, 6.45) is 3.12. The fourth-order valence-corrected chi connectivity index (χ4v) is 3.89. The fourth-order valence-electron chi connectivity index (χ4n) is 1.01. The third-order valence-corrected chi connectivity index (χ3v) is 3.92. The van der Waals surface area contributed by atoms with Crippen molar-refractivity contribution in [3.8, 4) is 0 Å². The number of nitrogens with zero attached hydrogens (tertiary/aromatic N) is 1. The Balaban J connectivity index is 3.42. The van der Waals surface area contributed by atoms with Gasteiger partial charge in [0, 0.05) is 10.7 Å². The van der Waals surface area contributed by atoms with Crippen LogP contribution < -0.4 is 11.0 Å². The van der Waals surface area contributed by atoms with E-state index in [0.717, 1.165) is 4.47 Å². The Morgan fingerprint density at radius 3 is 2.42 bits per heavy atom. The van der Waals surface area contributed by atoms with Gasteiger partial charge < -0.3 is 10.3 Å². The van der Waals surface area contributed by atoms with Gasteiger partial charge in [-0.05, 0) is 29.3 Å². The second-order valence-electron chi connectivity index (χ2n) is 2.91. The van der Waals surface area contributed by atoms with Crippen LogP contribution in [0.4, 0.5) is 5.69 Å². The maximum absolute atomic E-state index is 11.7. The van der Waals surface area contributed by atoms with Crippen molar-refractivity contribution in [3.63, 3.8) is 0 Å². The highest BCUT2D eigenvalue weighted by atomic mass is 79.9. The lowest BCUT2D eigenvalue weighted by Crippen LogP contribution is -2.11. The first-order chi connectivity index (χ1) is 5.43. The molecule has 1 rings (SSSR count). The fraction of sp³-hybridized carbons (Fsp3) is 0.286. The van der Waals surface area contributed by atoms with E-state index in [1.807, 2.05) is 0 Å². The number of anilines is 1. The number of nitrogens with two attached hydrogens (primary N) is 1. The van der Waals surface area contributed by atoms with Crippen LogP contribution in [0.25, 0.3) is 0 Å². The molecular formula is C7H10BrN2OP. The number of rotatable bonds is 1. The monoisotopic (exact) mass is 248 g/mol. The molecule has 0 amide bonds. The van der Waals surface area contributed by atoms with E-state index in [1.165, 1.54) is 6.20 Å². The number of hydrogen-bond acceptors (Lipinski definition) is 3. The molecule has 2 N–H and O–H groups in total. The Morgan fingerprint density at radius 1 is 1.50 bits per heavy atom. The van der Waals surface area contributed by atoms with Crippen LogP contribution in [0.5, 0.6) is 0 Å². The third-order valence-electron chi connectivity index (χ3n) is 1.44. The molecule has 0 bridgehead atoms. The second-order valence-corrected chi connectivity index (χ2v) is 6.91. The zero-order valence-electron chi connectivity index (χ0n) is 6.91. The first-order valence-electron chi connectivity index (χ1n) is 3.37. The van der Waals surface area contributed by atoms with Gasteiger partial charge in [0.05, 0.1) is 17.2 Å². The van der Waals surface area contributed by atoms with Crippen molar-refractivity contribution < 1.29 is 4.57 Å². The molecule has 0 atom stereocenters. The highest BCUT2D eigenvalue weighted by molar-refractivity contribution is 9.10. The zero-order valence-corrected chi connectivity index (χ0v) is 9.39. The van der Waals surface area contributed by atoms with Crippen molar-refractivity contribution >= 4 is 34.1 Å². The predicted octanol–water partition coefficient (Wildman–Crippen LogP) is 1.67. The summed E-state index contributed by atoms with van der Waals surface area (Å²) >= 11 is 3.27. The van der Waals surface area contributed by atoms with Crippen LogP contribution in [0.15, 0.2) is 16.9 Å². The normalized spacial score (nSPS) is 11.6. The Hall–Kier alpha value is -0.340. The van der Waals surface area contributed by atoms with E-state index < -0.39 is 7.14 Å². The van der Waals surface area contributed by atoms with Crippen molar-refractivity contribution in [2.75, 3.05) is 19.1 Å². The van der Waals surface area contributed by atoms with Gasteiger partial charge in [-0.25, -0.2) is 0 Å². The Labute approximate surface area is 79.9 Å². The summed E-state index contributed by atoms with van der Waals surface area (Å²) in [5.41, 5.74) is 6.13. The molecule has 0 saturated heterocycles. The van der Waals surface area contributed by atoms with E-state index in [4.69, 9.17) is 5.73 Å². The minimum absolute atomic E-state index is 0.484. The van der Waals surface area contributed by atoms with E-state index in [-0.39, 0.29) is 0 Å². The number of aromatic nitrogens is 1. The minimum Gasteiger partial charge on any atom is -0.397 e. The number of halogens is 1. The first-order valence-corrected chi connectivity index (χ1v) is 6.77. The Morgan fingerprint density at radius 2 is 2.08 bits per heavy atom. The van der Waals surface area contributed by atoms with Gasteiger partial charge in [0.15, 0.2) is 0 Å². The van der Waals surface area contributed by atoms with Crippen LogP contribution in [0.3, 0.4) is 0 Å². The van der Waals surface area contributed by atoms with Crippen molar-refractivity contribution in [1.82, 2.24) is 4.98 Å². The molecule has 0 radical (unpaired) electrons. The van der Waals surface area contributed by atoms with Gasteiger partial charge in [0.1, 0.15) is 7.14 Å². The molecule has 0 saturated carbocycles. The summed E-state index contributed by atoms with van der Waals surface area (Å²) in [7, 11) is -2.31. The van der Waals surface area contributed by atoms with Gasteiger partial charge >= 0.3 is 0 Å². The second kappa shape index (κ2) is 3.19. The summed E-state index contributed by atoms with van der Waals surface area (Å²) in [4.78, 5) is 3.86. The van der Waals surface area contributed by atoms with Crippen molar-refractivity contribution in [1.29, 1.82) is 0 Å². The van der Waals surface area contributed by atoms with E-state index in [9.17, 15) is 4.57 Å². The number of nitrogen functional groups attached to an aromatic ring is 1. The number of hydrogen-bond donors (Lipinski definition) is 1. The van der Waals surface area contributed by atoms with Crippen LogP contribution in [-0.2, 0) is 4.57 Å². The minimum atomic E-state index is -2.31. The molecule has 0 aliphatic carbocycles. The van der Waals surface area contributed by atoms with Gasteiger partial charge in [-0.3, -0.25) is 4.98 Å². The van der Waals surface area contributed by atoms with Crippen LogP contribution >= 0.6 is 23.1 Å². The molecule has 0 fully saturated rings. The lowest BCUT2D eigenvalue weighted by molar-refractivity contribution is 0.588. The van der Waals surface area contributed by atoms with Crippen LogP contribution in [-0.4, -0.2) is 18.3 Å². The van der Waals surface area contributed by atoms with Gasteiger partial charge in [-0.2, -0.15) is 0 Å². The van der Waals surface area contributed by atoms with Gasteiger partial charge in [0.25, 0.3) is 0 Å². The molecule has 0 aliphatic rings. The number of pyridine rings is 1. The summed E-state index contributed by atoms with van der Waals surface area (Å²) in [6, 6.07) is 0. The zero-order chi connectivity index (χ0) is 9.35.